The molecule has 0 saturated carbocycles. The number of carbonyl (C=O) groups excluding carboxylic acids is 1. The fourth-order valence-electron chi connectivity index (χ4n) is 1.81. The van der Waals surface area contributed by atoms with Crippen LogP contribution < -0.4 is 5.32 Å². The van der Waals surface area contributed by atoms with Crippen molar-refractivity contribution in [3.8, 4) is 0 Å². The van der Waals surface area contributed by atoms with Crippen molar-refractivity contribution in [2.45, 2.75) is 33.2 Å². The molecule has 1 N–H and O–H groups in total. The van der Waals surface area contributed by atoms with Crippen molar-refractivity contribution in [3.05, 3.63) is 35.6 Å². The van der Waals surface area contributed by atoms with Gasteiger partial charge in [0.1, 0.15) is 5.82 Å². The van der Waals surface area contributed by atoms with E-state index < -0.39 is 5.54 Å². The van der Waals surface area contributed by atoms with E-state index in [-0.39, 0.29) is 11.8 Å². The monoisotopic (exact) mass is 252 g/mol. The molecule has 18 heavy (non-hydrogen) atoms. The molecule has 1 rings (SSSR count). The van der Waals surface area contributed by atoms with Gasteiger partial charge in [-0.2, -0.15) is 0 Å². The van der Waals surface area contributed by atoms with E-state index in [0.717, 1.165) is 5.56 Å². The van der Waals surface area contributed by atoms with Crippen LogP contribution in [0.5, 0.6) is 0 Å². The number of hydrogen-bond donors (Lipinski definition) is 1. The molecule has 1 aromatic rings. The van der Waals surface area contributed by atoms with E-state index in [1.807, 2.05) is 33.8 Å². The summed E-state index contributed by atoms with van der Waals surface area (Å²) in [5, 5.41) is 2.92. The maximum atomic E-state index is 13.2. The molecular formula is C14H21FN2O. The summed E-state index contributed by atoms with van der Waals surface area (Å²) >= 11 is 0. The molecule has 0 spiro atoms. The van der Waals surface area contributed by atoms with Gasteiger partial charge >= 0.3 is 6.03 Å². The van der Waals surface area contributed by atoms with E-state index in [4.69, 9.17) is 0 Å². The summed E-state index contributed by atoms with van der Waals surface area (Å²) in [4.78, 5) is 13.7. The summed E-state index contributed by atoms with van der Waals surface area (Å²) in [5.74, 6) is -0.294. The Labute approximate surface area is 108 Å². The Hall–Kier alpha value is -1.58. The van der Waals surface area contributed by atoms with Gasteiger partial charge in [-0.3, -0.25) is 0 Å². The number of carbonyl (C=O) groups is 1. The van der Waals surface area contributed by atoms with Crippen LogP contribution in [-0.4, -0.2) is 24.0 Å². The molecule has 0 unspecified atom stereocenters. The summed E-state index contributed by atoms with van der Waals surface area (Å²) in [6.07, 6.45) is 0. The number of nitrogens with one attached hydrogen (secondary N) is 1. The zero-order chi connectivity index (χ0) is 13.8. The van der Waals surface area contributed by atoms with E-state index in [2.05, 4.69) is 5.32 Å². The molecule has 0 fully saturated rings. The second-order valence-electron chi connectivity index (χ2n) is 4.74. The molecule has 0 aromatic heterocycles. The van der Waals surface area contributed by atoms with E-state index in [9.17, 15) is 9.18 Å². The van der Waals surface area contributed by atoms with Crippen molar-refractivity contribution in [1.29, 1.82) is 0 Å². The Morgan fingerprint density at radius 3 is 2.44 bits per heavy atom. The Bertz CT molecular complexity index is 414. The van der Waals surface area contributed by atoms with Crippen LogP contribution in [0.2, 0.25) is 0 Å². The van der Waals surface area contributed by atoms with Gasteiger partial charge in [0, 0.05) is 13.1 Å². The van der Waals surface area contributed by atoms with E-state index >= 15 is 0 Å². The Balaban J connectivity index is 2.84. The Kier molecular flexibility index (Phi) is 4.70. The second kappa shape index (κ2) is 5.85. The largest absolute Gasteiger partial charge is 0.329 e. The van der Waals surface area contributed by atoms with Gasteiger partial charge in [-0.25, -0.2) is 9.18 Å². The number of urea groups is 1. The fourth-order valence-corrected chi connectivity index (χ4v) is 1.81. The average Bonchev–Trinajstić information content (AvgIpc) is 2.30. The van der Waals surface area contributed by atoms with Gasteiger partial charge < -0.3 is 10.2 Å². The van der Waals surface area contributed by atoms with Crippen LogP contribution in [0.1, 0.15) is 33.3 Å². The molecule has 0 heterocycles. The predicted molar refractivity (Wildman–Crippen MR) is 70.9 cm³/mol. The topological polar surface area (TPSA) is 32.3 Å². The van der Waals surface area contributed by atoms with Crippen LogP contribution in [0.25, 0.3) is 0 Å². The highest BCUT2D eigenvalue weighted by molar-refractivity contribution is 5.75. The van der Waals surface area contributed by atoms with Gasteiger partial charge in [-0.15, -0.1) is 0 Å². The van der Waals surface area contributed by atoms with Crippen molar-refractivity contribution in [2.75, 3.05) is 13.1 Å². The number of benzene rings is 1. The fraction of sp³-hybridized carbons (Fsp3) is 0.500. The zero-order valence-corrected chi connectivity index (χ0v) is 11.5. The Morgan fingerprint density at radius 2 is 1.94 bits per heavy atom. The van der Waals surface area contributed by atoms with Crippen molar-refractivity contribution >= 4 is 6.03 Å². The van der Waals surface area contributed by atoms with Crippen molar-refractivity contribution in [1.82, 2.24) is 10.2 Å². The molecule has 4 heteroatoms. The third kappa shape index (κ3) is 3.45. The molecule has 0 aliphatic heterocycles. The molecule has 0 radical (unpaired) electrons. The van der Waals surface area contributed by atoms with Crippen LogP contribution in [0.15, 0.2) is 24.3 Å². The third-order valence-electron chi connectivity index (χ3n) is 3.02. The molecule has 100 valence electrons. The highest BCUT2D eigenvalue weighted by atomic mass is 19.1. The average molecular weight is 252 g/mol. The molecule has 0 bridgehead atoms. The zero-order valence-electron chi connectivity index (χ0n) is 11.5. The summed E-state index contributed by atoms with van der Waals surface area (Å²) in [6.45, 7) is 8.89. The molecule has 1 aromatic carbocycles. The molecule has 2 amide bonds. The minimum absolute atomic E-state index is 0.130. The Morgan fingerprint density at radius 1 is 1.33 bits per heavy atom. The SMILES string of the molecule is CCN(CC)C(=O)NC(C)(C)c1cccc(F)c1. The summed E-state index contributed by atoms with van der Waals surface area (Å²) in [5.41, 5.74) is 0.157. The maximum Gasteiger partial charge on any atom is 0.318 e. The van der Waals surface area contributed by atoms with Crippen molar-refractivity contribution < 1.29 is 9.18 Å². The molecular weight excluding hydrogens is 231 g/mol. The lowest BCUT2D eigenvalue weighted by Gasteiger charge is -2.30. The molecule has 0 aliphatic rings. The van der Waals surface area contributed by atoms with E-state index in [1.165, 1.54) is 12.1 Å². The lowest BCUT2D eigenvalue weighted by Crippen LogP contribution is -2.48. The minimum Gasteiger partial charge on any atom is -0.329 e. The number of nitrogens with zero attached hydrogens (tertiary/aromatic N) is 1. The molecule has 0 aliphatic carbocycles. The first-order valence-corrected chi connectivity index (χ1v) is 6.23. The highest BCUT2D eigenvalue weighted by Crippen LogP contribution is 2.20. The minimum atomic E-state index is -0.595. The lowest BCUT2D eigenvalue weighted by atomic mass is 9.94. The van der Waals surface area contributed by atoms with Gasteiger partial charge in [-0.1, -0.05) is 12.1 Å². The quantitative estimate of drug-likeness (QED) is 0.877. The van der Waals surface area contributed by atoms with Gasteiger partial charge in [0.25, 0.3) is 0 Å². The molecule has 0 atom stereocenters. The molecule has 3 nitrogen and oxygen atoms in total. The number of halogens is 1. The van der Waals surface area contributed by atoms with Crippen LogP contribution in [0.4, 0.5) is 9.18 Å². The van der Waals surface area contributed by atoms with Crippen LogP contribution >= 0.6 is 0 Å². The van der Waals surface area contributed by atoms with Crippen LogP contribution in [0.3, 0.4) is 0 Å². The second-order valence-corrected chi connectivity index (χ2v) is 4.74. The van der Waals surface area contributed by atoms with E-state index in [0.29, 0.717) is 13.1 Å². The van der Waals surface area contributed by atoms with Gasteiger partial charge in [0.05, 0.1) is 5.54 Å². The standard InChI is InChI=1S/C14H21FN2O/c1-5-17(6-2)13(18)16-14(3,4)11-8-7-9-12(15)10-11/h7-10H,5-6H2,1-4H3,(H,16,18). The van der Waals surface area contributed by atoms with Crippen molar-refractivity contribution in [3.63, 3.8) is 0 Å². The number of amides is 2. The normalized spacial score (nSPS) is 11.2. The van der Waals surface area contributed by atoms with E-state index in [1.54, 1.807) is 11.0 Å². The summed E-state index contributed by atoms with van der Waals surface area (Å²) in [6, 6.07) is 6.17. The first kappa shape index (κ1) is 14.5. The summed E-state index contributed by atoms with van der Waals surface area (Å²) in [7, 11) is 0. The van der Waals surface area contributed by atoms with Crippen LogP contribution in [-0.2, 0) is 5.54 Å². The number of hydrogen-bond acceptors (Lipinski definition) is 1. The summed E-state index contributed by atoms with van der Waals surface area (Å²) < 4.78 is 13.2. The third-order valence-corrected chi connectivity index (χ3v) is 3.02. The lowest BCUT2D eigenvalue weighted by molar-refractivity contribution is 0.192. The van der Waals surface area contributed by atoms with Crippen LogP contribution in [0, 0.1) is 5.82 Å². The first-order valence-electron chi connectivity index (χ1n) is 6.23. The van der Waals surface area contributed by atoms with Gasteiger partial charge in [0.15, 0.2) is 0 Å². The van der Waals surface area contributed by atoms with Gasteiger partial charge in [0.2, 0.25) is 0 Å². The smallest absolute Gasteiger partial charge is 0.318 e. The molecule has 0 saturated heterocycles. The highest BCUT2D eigenvalue weighted by Gasteiger charge is 2.24. The van der Waals surface area contributed by atoms with Gasteiger partial charge in [-0.05, 0) is 45.4 Å². The predicted octanol–water partition coefficient (Wildman–Crippen LogP) is 3.11. The first-order chi connectivity index (χ1) is 8.40. The maximum absolute atomic E-state index is 13.2. The number of rotatable bonds is 4. The van der Waals surface area contributed by atoms with Crippen molar-refractivity contribution in [2.24, 2.45) is 0 Å².